The lowest BCUT2D eigenvalue weighted by Gasteiger charge is -2.23. The van der Waals surface area contributed by atoms with Crippen LogP contribution in [-0.2, 0) is 20.9 Å². The van der Waals surface area contributed by atoms with E-state index in [1.165, 1.54) is 10.9 Å². The van der Waals surface area contributed by atoms with Gasteiger partial charge < -0.3 is 20.7 Å². The van der Waals surface area contributed by atoms with E-state index < -0.39 is 0 Å². The van der Waals surface area contributed by atoms with Crippen molar-refractivity contribution >= 4 is 35.0 Å². The van der Waals surface area contributed by atoms with Crippen LogP contribution in [0.4, 0.5) is 11.4 Å². The summed E-state index contributed by atoms with van der Waals surface area (Å²) in [5.74, 6) is -0.299. The lowest BCUT2D eigenvalue weighted by Crippen LogP contribution is -2.43. The Morgan fingerprint density at radius 3 is 2.74 bits per heavy atom. The highest BCUT2D eigenvalue weighted by Gasteiger charge is 2.17. The van der Waals surface area contributed by atoms with Crippen molar-refractivity contribution in [3.8, 4) is 0 Å². The summed E-state index contributed by atoms with van der Waals surface area (Å²) in [6.07, 6.45) is 5.50. The Hall–Kier alpha value is -2.36. The second-order valence-corrected chi connectivity index (χ2v) is 7.06. The number of aromatic nitrogens is 2. The van der Waals surface area contributed by atoms with Gasteiger partial charge in [0.2, 0.25) is 11.8 Å². The monoisotopic (exact) mass is 389 g/mol. The number of rotatable bonds is 7. The average molecular weight is 389 g/mol. The summed E-state index contributed by atoms with van der Waals surface area (Å²) in [4.78, 5) is 25.4. The number of nitrogens with one attached hydrogen (secondary N) is 3. The fourth-order valence-corrected chi connectivity index (χ4v) is 3.13. The van der Waals surface area contributed by atoms with Gasteiger partial charge in [-0.1, -0.05) is 0 Å². The topological polar surface area (TPSA) is 97.3 Å². The normalized spacial score (nSPS) is 16.7. The van der Waals surface area contributed by atoms with Crippen molar-refractivity contribution in [2.24, 2.45) is 0 Å². The van der Waals surface area contributed by atoms with E-state index in [4.69, 9.17) is 4.74 Å². The first-order chi connectivity index (χ1) is 13.1. The maximum absolute atomic E-state index is 12.1. The van der Waals surface area contributed by atoms with E-state index in [0.717, 1.165) is 17.1 Å². The summed E-state index contributed by atoms with van der Waals surface area (Å²) < 4.78 is 6.83. The van der Waals surface area contributed by atoms with Crippen LogP contribution in [-0.4, -0.2) is 53.7 Å². The molecule has 0 spiro atoms. The van der Waals surface area contributed by atoms with Gasteiger partial charge in [0.1, 0.15) is 6.54 Å². The number of carbonyl (C=O) groups excluding carboxylic acids is 2. The van der Waals surface area contributed by atoms with Gasteiger partial charge in [-0.25, -0.2) is 0 Å². The molecule has 9 heteroatoms. The summed E-state index contributed by atoms with van der Waals surface area (Å²) in [6.45, 7) is 2.03. The van der Waals surface area contributed by atoms with Crippen LogP contribution in [0.1, 0.15) is 6.42 Å². The molecule has 144 valence electrons. The summed E-state index contributed by atoms with van der Waals surface area (Å²) >= 11 is 1.65. The van der Waals surface area contributed by atoms with Crippen molar-refractivity contribution in [2.45, 2.75) is 23.9 Å². The molecule has 0 radical (unpaired) electrons. The second kappa shape index (κ2) is 9.54. The first-order valence-corrected chi connectivity index (χ1v) is 9.92. The quantitative estimate of drug-likeness (QED) is 0.622. The van der Waals surface area contributed by atoms with E-state index in [9.17, 15) is 9.59 Å². The molecule has 1 unspecified atom stereocenters. The third-order valence-electron chi connectivity index (χ3n) is 4.03. The Bertz CT molecular complexity index is 772. The first-order valence-electron chi connectivity index (χ1n) is 8.70. The fraction of sp³-hybridized carbons (Fsp3) is 0.389. The molecule has 0 aliphatic carbocycles. The van der Waals surface area contributed by atoms with E-state index in [1.54, 1.807) is 18.0 Å². The molecule has 1 aromatic carbocycles. The molecule has 1 saturated heterocycles. The molecule has 0 bridgehead atoms. The zero-order chi connectivity index (χ0) is 19.1. The van der Waals surface area contributed by atoms with Crippen LogP contribution in [0.2, 0.25) is 0 Å². The van der Waals surface area contributed by atoms with Crippen LogP contribution >= 0.6 is 11.8 Å². The molecular weight excluding hydrogens is 366 g/mol. The largest absolute Gasteiger partial charge is 0.378 e. The van der Waals surface area contributed by atoms with Gasteiger partial charge in [0.05, 0.1) is 25.1 Å². The molecule has 2 heterocycles. The fourth-order valence-electron chi connectivity index (χ4n) is 2.72. The van der Waals surface area contributed by atoms with Crippen LogP contribution < -0.4 is 16.0 Å². The van der Waals surface area contributed by atoms with Crippen LogP contribution in [0.25, 0.3) is 0 Å². The molecule has 2 amide bonds. The van der Waals surface area contributed by atoms with E-state index in [-0.39, 0.29) is 24.4 Å². The molecule has 8 nitrogen and oxygen atoms in total. The van der Waals surface area contributed by atoms with Crippen molar-refractivity contribution in [3.05, 3.63) is 36.7 Å². The number of carbonyl (C=O) groups is 2. The number of nitrogens with zero attached hydrogens (tertiary/aromatic N) is 2. The standard InChI is InChI=1S/C18H23N5O3S/c1-27-16-4-2-13(3-5-16)21-18(25)11-23-10-15(9-20-23)22-17(24)8-14-12-26-7-6-19-14/h2-5,9-10,14,19H,6-8,11-12H2,1H3,(H,21,25)(H,22,24). The molecule has 27 heavy (non-hydrogen) atoms. The molecule has 3 rings (SSSR count). The highest BCUT2D eigenvalue weighted by molar-refractivity contribution is 7.98. The Kier molecular flexibility index (Phi) is 6.86. The smallest absolute Gasteiger partial charge is 0.246 e. The van der Waals surface area contributed by atoms with Crippen LogP contribution in [0.3, 0.4) is 0 Å². The number of benzene rings is 1. The number of amides is 2. The van der Waals surface area contributed by atoms with E-state index in [2.05, 4.69) is 21.0 Å². The summed E-state index contributed by atoms with van der Waals surface area (Å²) in [5.41, 5.74) is 1.30. The molecule has 1 atom stereocenters. The van der Waals surface area contributed by atoms with Crippen molar-refractivity contribution in [3.63, 3.8) is 0 Å². The van der Waals surface area contributed by atoms with E-state index in [1.807, 2.05) is 30.5 Å². The zero-order valence-corrected chi connectivity index (χ0v) is 15.9. The van der Waals surface area contributed by atoms with Gasteiger partial charge in [-0.15, -0.1) is 11.8 Å². The van der Waals surface area contributed by atoms with Crippen molar-refractivity contribution < 1.29 is 14.3 Å². The number of hydrogen-bond acceptors (Lipinski definition) is 6. The lowest BCUT2D eigenvalue weighted by molar-refractivity contribution is -0.117. The van der Waals surface area contributed by atoms with Crippen LogP contribution in [0, 0.1) is 0 Å². The van der Waals surface area contributed by atoms with Gasteiger partial charge in [0.25, 0.3) is 0 Å². The Balaban J connectivity index is 1.46. The maximum Gasteiger partial charge on any atom is 0.246 e. The molecule has 1 fully saturated rings. The van der Waals surface area contributed by atoms with Gasteiger partial charge in [0, 0.05) is 35.8 Å². The Morgan fingerprint density at radius 2 is 2.04 bits per heavy atom. The van der Waals surface area contributed by atoms with Gasteiger partial charge in [-0.3, -0.25) is 14.3 Å². The molecule has 1 aliphatic rings. The molecule has 1 aliphatic heterocycles. The first kappa shape index (κ1) is 19.4. The Morgan fingerprint density at radius 1 is 1.26 bits per heavy atom. The molecule has 2 aromatic rings. The van der Waals surface area contributed by atoms with Crippen molar-refractivity contribution in [2.75, 3.05) is 36.6 Å². The number of anilines is 2. The van der Waals surface area contributed by atoms with Gasteiger partial charge in [0.15, 0.2) is 0 Å². The zero-order valence-electron chi connectivity index (χ0n) is 15.1. The molecular formula is C18H23N5O3S. The number of morpholine rings is 1. The van der Waals surface area contributed by atoms with E-state index >= 15 is 0 Å². The highest BCUT2D eigenvalue weighted by Crippen LogP contribution is 2.17. The molecule has 0 saturated carbocycles. The van der Waals surface area contributed by atoms with Gasteiger partial charge >= 0.3 is 0 Å². The summed E-state index contributed by atoms with van der Waals surface area (Å²) in [6, 6.07) is 7.66. The number of ether oxygens (including phenoxy) is 1. The second-order valence-electron chi connectivity index (χ2n) is 6.18. The van der Waals surface area contributed by atoms with Crippen LogP contribution in [0.5, 0.6) is 0 Å². The molecule has 3 N–H and O–H groups in total. The van der Waals surface area contributed by atoms with Gasteiger partial charge in [-0.05, 0) is 30.5 Å². The van der Waals surface area contributed by atoms with Gasteiger partial charge in [-0.2, -0.15) is 5.10 Å². The van der Waals surface area contributed by atoms with Crippen molar-refractivity contribution in [1.29, 1.82) is 0 Å². The summed E-state index contributed by atoms with van der Waals surface area (Å²) in [5, 5.41) is 13.0. The minimum absolute atomic E-state index is 0.0251. The SMILES string of the molecule is CSc1ccc(NC(=O)Cn2cc(NC(=O)CC3COCCN3)cn2)cc1. The summed E-state index contributed by atoms with van der Waals surface area (Å²) in [7, 11) is 0. The van der Waals surface area contributed by atoms with E-state index in [0.29, 0.717) is 25.3 Å². The average Bonchev–Trinajstić information content (AvgIpc) is 3.09. The minimum Gasteiger partial charge on any atom is -0.378 e. The third kappa shape index (κ3) is 6.09. The minimum atomic E-state index is -0.184. The predicted octanol–water partition coefficient (Wildman–Crippen LogP) is 1.56. The molecule has 1 aromatic heterocycles. The maximum atomic E-state index is 12.1. The Labute approximate surface area is 162 Å². The number of hydrogen-bond donors (Lipinski definition) is 3. The third-order valence-corrected chi connectivity index (χ3v) is 4.77. The van der Waals surface area contributed by atoms with Crippen molar-refractivity contribution in [1.82, 2.24) is 15.1 Å². The van der Waals surface area contributed by atoms with Crippen LogP contribution in [0.15, 0.2) is 41.6 Å². The lowest BCUT2D eigenvalue weighted by atomic mass is 10.2. The predicted molar refractivity (Wildman–Crippen MR) is 105 cm³/mol. The number of thioether (sulfide) groups is 1. The highest BCUT2D eigenvalue weighted by atomic mass is 32.2.